The maximum absolute atomic E-state index is 12.5. The molecule has 2 amide bonds. The molecule has 0 bridgehead atoms. The van der Waals surface area contributed by atoms with Gasteiger partial charge in [0.05, 0.1) is 16.5 Å². The number of imide groups is 1. The molecule has 1 fully saturated rings. The van der Waals surface area contributed by atoms with Gasteiger partial charge in [-0.15, -0.1) is 0 Å². The summed E-state index contributed by atoms with van der Waals surface area (Å²) in [4.78, 5) is 37.7. The molecular weight excluding hydrogens is 302 g/mol. The van der Waals surface area contributed by atoms with Gasteiger partial charge in [-0.2, -0.15) is 0 Å². The quantitative estimate of drug-likeness (QED) is 0.632. The molecule has 1 aliphatic heterocycles. The summed E-state index contributed by atoms with van der Waals surface area (Å²) < 4.78 is 0. The fourth-order valence-corrected chi connectivity index (χ4v) is 2.74. The second kappa shape index (κ2) is 5.73. The van der Waals surface area contributed by atoms with E-state index in [4.69, 9.17) is 11.6 Å². The summed E-state index contributed by atoms with van der Waals surface area (Å²) in [6.07, 6.45) is 0. The Morgan fingerprint density at radius 1 is 1.00 bits per heavy atom. The first-order valence-corrected chi connectivity index (χ1v) is 7.17. The number of ketones is 1. The van der Waals surface area contributed by atoms with Crippen LogP contribution in [0.25, 0.3) is 0 Å². The van der Waals surface area contributed by atoms with E-state index in [1.165, 1.54) is 6.07 Å². The summed E-state index contributed by atoms with van der Waals surface area (Å²) in [5, 5.41) is 0.260. The molecule has 0 radical (unpaired) electrons. The van der Waals surface area contributed by atoms with Crippen molar-refractivity contribution in [1.82, 2.24) is 4.90 Å². The SMILES string of the molecule is O=C1C(=O)N(C(=O)c2ccccc2Cl)C[C@@H]1c1ccccc1. The minimum Gasteiger partial charge on any atom is -0.288 e. The number of halogens is 1. The summed E-state index contributed by atoms with van der Waals surface area (Å²) in [6, 6.07) is 15.5. The molecule has 0 aromatic heterocycles. The summed E-state index contributed by atoms with van der Waals surface area (Å²) >= 11 is 5.99. The smallest absolute Gasteiger partial charge is 0.288 e. The number of carbonyl (C=O) groups excluding carboxylic acids is 3. The number of carbonyl (C=O) groups is 3. The van der Waals surface area contributed by atoms with E-state index >= 15 is 0 Å². The molecule has 1 atom stereocenters. The Hall–Kier alpha value is -2.46. The van der Waals surface area contributed by atoms with Crippen molar-refractivity contribution in [3.05, 3.63) is 70.7 Å². The monoisotopic (exact) mass is 313 g/mol. The lowest BCUT2D eigenvalue weighted by atomic mass is 9.97. The number of Topliss-reactive ketones (excluding diaryl/α,β-unsaturated/α-hetero) is 1. The molecule has 1 saturated heterocycles. The molecule has 3 rings (SSSR count). The van der Waals surface area contributed by atoms with Crippen molar-refractivity contribution >= 4 is 29.2 Å². The molecule has 4 nitrogen and oxygen atoms in total. The summed E-state index contributed by atoms with van der Waals surface area (Å²) in [7, 11) is 0. The van der Waals surface area contributed by atoms with Crippen molar-refractivity contribution in [1.29, 1.82) is 0 Å². The summed E-state index contributed by atoms with van der Waals surface area (Å²) in [6.45, 7) is 0.0474. The van der Waals surface area contributed by atoms with Crippen LogP contribution in [0.2, 0.25) is 5.02 Å². The predicted molar refractivity (Wildman–Crippen MR) is 81.7 cm³/mol. The van der Waals surface area contributed by atoms with Crippen LogP contribution in [0.4, 0.5) is 0 Å². The van der Waals surface area contributed by atoms with Gasteiger partial charge in [0.1, 0.15) is 0 Å². The maximum Gasteiger partial charge on any atom is 0.297 e. The van der Waals surface area contributed by atoms with Gasteiger partial charge in [0.25, 0.3) is 11.8 Å². The van der Waals surface area contributed by atoms with Gasteiger partial charge in [-0.25, -0.2) is 0 Å². The van der Waals surface area contributed by atoms with Crippen LogP contribution >= 0.6 is 11.6 Å². The molecule has 0 aliphatic carbocycles. The highest BCUT2D eigenvalue weighted by Crippen LogP contribution is 2.27. The van der Waals surface area contributed by atoms with E-state index in [2.05, 4.69) is 0 Å². The molecule has 22 heavy (non-hydrogen) atoms. The van der Waals surface area contributed by atoms with E-state index < -0.39 is 23.5 Å². The van der Waals surface area contributed by atoms with Crippen molar-refractivity contribution in [3.63, 3.8) is 0 Å². The predicted octanol–water partition coefficient (Wildman–Crippen LogP) is 2.68. The largest absolute Gasteiger partial charge is 0.297 e. The van der Waals surface area contributed by atoms with Crippen molar-refractivity contribution < 1.29 is 14.4 Å². The molecule has 5 heteroatoms. The lowest BCUT2D eigenvalue weighted by Gasteiger charge is -2.14. The van der Waals surface area contributed by atoms with Crippen LogP contribution in [0.5, 0.6) is 0 Å². The molecule has 1 aliphatic rings. The highest BCUT2D eigenvalue weighted by molar-refractivity contribution is 6.44. The van der Waals surface area contributed by atoms with Gasteiger partial charge in [0, 0.05) is 6.54 Å². The van der Waals surface area contributed by atoms with E-state index in [1.54, 1.807) is 42.5 Å². The average Bonchev–Trinajstić information content (AvgIpc) is 2.84. The van der Waals surface area contributed by atoms with Crippen LogP contribution in [-0.4, -0.2) is 29.0 Å². The van der Waals surface area contributed by atoms with Crippen molar-refractivity contribution in [2.75, 3.05) is 6.54 Å². The zero-order valence-corrected chi connectivity index (χ0v) is 12.3. The minimum absolute atomic E-state index is 0.0474. The Morgan fingerprint density at radius 2 is 1.64 bits per heavy atom. The van der Waals surface area contributed by atoms with E-state index in [-0.39, 0.29) is 17.1 Å². The Bertz CT molecular complexity index is 758. The number of hydrogen-bond acceptors (Lipinski definition) is 3. The third kappa shape index (κ3) is 2.42. The van der Waals surface area contributed by atoms with Crippen LogP contribution in [-0.2, 0) is 9.59 Å². The van der Waals surface area contributed by atoms with Crippen LogP contribution in [0, 0.1) is 0 Å². The average molecular weight is 314 g/mol. The minimum atomic E-state index is -0.779. The Balaban J connectivity index is 1.91. The number of likely N-dealkylation sites (tertiary alicyclic amines) is 1. The topological polar surface area (TPSA) is 54.5 Å². The molecule has 0 saturated carbocycles. The second-order valence-corrected chi connectivity index (χ2v) is 5.44. The van der Waals surface area contributed by atoms with Gasteiger partial charge in [-0.1, -0.05) is 54.1 Å². The van der Waals surface area contributed by atoms with Crippen molar-refractivity contribution in [3.8, 4) is 0 Å². The number of nitrogens with zero attached hydrogens (tertiary/aromatic N) is 1. The molecular formula is C17H12ClNO3. The number of amides is 2. The van der Waals surface area contributed by atoms with Gasteiger partial charge in [0.2, 0.25) is 5.78 Å². The highest BCUT2D eigenvalue weighted by Gasteiger charge is 2.43. The van der Waals surface area contributed by atoms with E-state index in [1.807, 2.05) is 6.07 Å². The van der Waals surface area contributed by atoms with Gasteiger partial charge >= 0.3 is 0 Å². The zero-order valence-electron chi connectivity index (χ0n) is 11.5. The molecule has 2 aromatic carbocycles. The zero-order chi connectivity index (χ0) is 15.7. The lowest BCUT2D eigenvalue weighted by Crippen LogP contribution is -2.34. The van der Waals surface area contributed by atoms with Crippen molar-refractivity contribution in [2.24, 2.45) is 0 Å². The van der Waals surface area contributed by atoms with Crippen LogP contribution in [0.3, 0.4) is 0 Å². The fourth-order valence-electron chi connectivity index (χ4n) is 2.53. The first-order valence-electron chi connectivity index (χ1n) is 6.79. The second-order valence-electron chi connectivity index (χ2n) is 5.03. The fraction of sp³-hybridized carbons (Fsp3) is 0.118. The first kappa shape index (κ1) is 14.5. The van der Waals surface area contributed by atoms with E-state index in [9.17, 15) is 14.4 Å². The van der Waals surface area contributed by atoms with E-state index in [0.717, 1.165) is 10.5 Å². The number of benzene rings is 2. The Morgan fingerprint density at radius 3 is 2.32 bits per heavy atom. The molecule has 110 valence electrons. The molecule has 0 spiro atoms. The molecule has 0 N–H and O–H groups in total. The molecule has 0 unspecified atom stereocenters. The van der Waals surface area contributed by atoms with Gasteiger partial charge < -0.3 is 0 Å². The first-order chi connectivity index (χ1) is 10.6. The summed E-state index contributed by atoms with van der Waals surface area (Å²) in [5.41, 5.74) is 0.953. The highest BCUT2D eigenvalue weighted by atomic mass is 35.5. The van der Waals surface area contributed by atoms with Crippen LogP contribution in [0.1, 0.15) is 21.8 Å². The Labute approximate surface area is 132 Å². The third-order valence-electron chi connectivity index (χ3n) is 3.69. The van der Waals surface area contributed by atoms with Gasteiger partial charge in [-0.3, -0.25) is 19.3 Å². The number of hydrogen-bond donors (Lipinski definition) is 0. The summed E-state index contributed by atoms with van der Waals surface area (Å²) in [5.74, 6) is -2.49. The standard InChI is InChI=1S/C17H12ClNO3/c18-14-9-5-4-8-12(14)16(21)19-10-13(15(20)17(19)22)11-6-2-1-3-7-11/h1-9,13H,10H2/t13-/m1/s1. The van der Waals surface area contributed by atoms with E-state index in [0.29, 0.717) is 0 Å². The Kier molecular flexibility index (Phi) is 3.77. The normalized spacial score (nSPS) is 17.9. The number of rotatable bonds is 2. The van der Waals surface area contributed by atoms with Gasteiger partial charge in [0.15, 0.2) is 0 Å². The molecule has 2 aromatic rings. The van der Waals surface area contributed by atoms with Crippen molar-refractivity contribution in [2.45, 2.75) is 5.92 Å². The lowest BCUT2D eigenvalue weighted by molar-refractivity contribution is -0.139. The van der Waals surface area contributed by atoms with Gasteiger partial charge in [-0.05, 0) is 17.7 Å². The molecule has 1 heterocycles. The van der Waals surface area contributed by atoms with Crippen LogP contribution < -0.4 is 0 Å². The van der Waals surface area contributed by atoms with Crippen LogP contribution in [0.15, 0.2) is 54.6 Å². The third-order valence-corrected chi connectivity index (χ3v) is 4.02. The maximum atomic E-state index is 12.5.